The summed E-state index contributed by atoms with van der Waals surface area (Å²) in [6.07, 6.45) is 6.84. The first-order chi connectivity index (χ1) is 9.52. The SMILES string of the molecule is CC[C@H](NS(=O)(=O)CC1CCCC1)c1ncccc1C. The molecule has 20 heavy (non-hydrogen) atoms. The molecule has 1 saturated carbocycles. The van der Waals surface area contributed by atoms with Crippen LogP contribution in [0.15, 0.2) is 18.3 Å². The van der Waals surface area contributed by atoms with E-state index < -0.39 is 10.0 Å². The van der Waals surface area contributed by atoms with E-state index in [0.717, 1.165) is 36.9 Å². The molecule has 1 aromatic heterocycles. The van der Waals surface area contributed by atoms with Crippen LogP contribution in [-0.4, -0.2) is 19.2 Å². The summed E-state index contributed by atoms with van der Waals surface area (Å²) in [5.74, 6) is 0.588. The van der Waals surface area contributed by atoms with Crippen molar-refractivity contribution in [3.63, 3.8) is 0 Å². The fraction of sp³-hybridized carbons (Fsp3) is 0.667. The van der Waals surface area contributed by atoms with Gasteiger partial charge in [-0.05, 0) is 43.7 Å². The Balaban J connectivity index is 2.07. The van der Waals surface area contributed by atoms with Gasteiger partial charge in [0.2, 0.25) is 10.0 Å². The molecule has 1 fully saturated rings. The highest BCUT2D eigenvalue weighted by atomic mass is 32.2. The molecular formula is C15H24N2O2S. The van der Waals surface area contributed by atoms with Gasteiger partial charge >= 0.3 is 0 Å². The summed E-state index contributed by atoms with van der Waals surface area (Å²) >= 11 is 0. The zero-order valence-corrected chi connectivity index (χ0v) is 13.1. The van der Waals surface area contributed by atoms with Crippen molar-refractivity contribution in [1.29, 1.82) is 0 Å². The van der Waals surface area contributed by atoms with Gasteiger partial charge in [-0.2, -0.15) is 0 Å². The molecule has 1 N–H and O–H groups in total. The van der Waals surface area contributed by atoms with Crippen molar-refractivity contribution < 1.29 is 8.42 Å². The van der Waals surface area contributed by atoms with Crippen LogP contribution in [-0.2, 0) is 10.0 Å². The molecule has 0 unspecified atom stereocenters. The minimum absolute atomic E-state index is 0.220. The van der Waals surface area contributed by atoms with Gasteiger partial charge in [-0.1, -0.05) is 25.8 Å². The highest BCUT2D eigenvalue weighted by molar-refractivity contribution is 7.89. The third-order valence-electron chi connectivity index (χ3n) is 4.04. The number of hydrogen-bond acceptors (Lipinski definition) is 3. The van der Waals surface area contributed by atoms with Crippen molar-refractivity contribution in [3.05, 3.63) is 29.6 Å². The molecule has 1 atom stereocenters. The molecule has 2 rings (SSSR count). The van der Waals surface area contributed by atoms with E-state index in [1.54, 1.807) is 6.20 Å². The Labute approximate surface area is 122 Å². The first-order valence-electron chi connectivity index (χ1n) is 7.43. The standard InChI is InChI=1S/C15H24N2O2S/c1-3-14(15-12(2)7-6-10-16-15)17-20(18,19)11-13-8-4-5-9-13/h6-7,10,13-14,17H,3-5,8-9,11H2,1-2H3/t14-/m0/s1. The molecule has 0 spiro atoms. The molecule has 5 heteroatoms. The van der Waals surface area contributed by atoms with E-state index in [9.17, 15) is 8.42 Å². The van der Waals surface area contributed by atoms with Crippen LogP contribution in [0.2, 0.25) is 0 Å². The van der Waals surface area contributed by atoms with Crippen molar-refractivity contribution in [3.8, 4) is 0 Å². The third-order valence-corrected chi connectivity index (χ3v) is 5.59. The number of rotatable bonds is 6. The number of sulfonamides is 1. The molecule has 112 valence electrons. The summed E-state index contributed by atoms with van der Waals surface area (Å²) in [6, 6.07) is 3.62. The molecule has 4 nitrogen and oxygen atoms in total. The van der Waals surface area contributed by atoms with Crippen molar-refractivity contribution >= 4 is 10.0 Å². The normalized spacial score (nSPS) is 18.3. The Bertz CT molecular complexity index is 537. The molecule has 0 amide bonds. The molecular weight excluding hydrogens is 272 g/mol. The van der Waals surface area contributed by atoms with Gasteiger partial charge in [0.1, 0.15) is 0 Å². The first-order valence-corrected chi connectivity index (χ1v) is 9.08. The summed E-state index contributed by atoms with van der Waals surface area (Å²) in [5, 5.41) is 0. The monoisotopic (exact) mass is 296 g/mol. The first kappa shape index (κ1) is 15.4. The van der Waals surface area contributed by atoms with E-state index in [4.69, 9.17) is 0 Å². The number of nitrogens with one attached hydrogen (secondary N) is 1. The van der Waals surface area contributed by atoms with Gasteiger partial charge < -0.3 is 0 Å². The lowest BCUT2D eigenvalue weighted by molar-refractivity contribution is 0.521. The number of pyridine rings is 1. The van der Waals surface area contributed by atoms with E-state index in [-0.39, 0.29) is 11.8 Å². The Morgan fingerprint density at radius 3 is 2.70 bits per heavy atom. The van der Waals surface area contributed by atoms with Crippen LogP contribution in [0.1, 0.15) is 56.3 Å². The highest BCUT2D eigenvalue weighted by Crippen LogP contribution is 2.27. The van der Waals surface area contributed by atoms with Gasteiger partial charge in [-0.3, -0.25) is 4.98 Å². The van der Waals surface area contributed by atoms with Gasteiger partial charge in [-0.25, -0.2) is 13.1 Å². The summed E-state index contributed by atoms with van der Waals surface area (Å²) in [7, 11) is -3.23. The Morgan fingerprint density at radius 1 is 1.40 bits per heavy atom. The van der Waals surface area contributed by atoms with Gasteiger partial charge in [0.15, 0.2) is 0 Å². The Morgan fingerprint density at radius 2 is 2.10 bits per heavy atom. The van der Waals surface area contributed by atoms with Gasteiger partial charge in [0.25, 0.3) is 0 Å². The molecule has 0 aliphatic heterocycles. The highest BCUT2D eigenvalue weighted by Gasteiger charge is 2.25. The van der Waals surface area contributed by atoms with E-state index in [1.165, 1.54) is 0 Å². The number of hydrogen-bond donors (Lipinski definition) is 1. The number of aromatic nitrogens is 1. The maximum Gasteiger partial charge on any atom is 0.212 e. The summed E-state index contributed by atoms with van der Waals surface area (Å²) in [6.45, 7) is 3.95. The van der Waals surface area contributed by atoms with Crippen LogP contribution in [0.4, 0.5) is 0 Å². The van der Waals surface area contributed by atoms with Crippen LogP contribution in [0.5, 0.6) is 0 Å². The van der Waals surface area contributed by atoms with Gasteiger partial charge in [-0.15, -0.1) is 0 Å². The lowest BCUT2D eigenvalue weighted by Crippen LogP contribution is -2.33. The lowest BCUT2D eigenvalue weighted by Gasteiger charge is -2.19. The zero-order chi connectivity index (χ0) is 14.6. The fourth-order valence-electron chi connectivity index (χ4n) is 2.95. The van der Waals surface area contributed by atoms with Crippen molar-refractivity contribution in [1.82, 2.24) is 9.71 Å². The summed E-state index contributed by atoms with van der Waals surface area (Å²) in [4.78, 5) is 4.34. The molecule has 1 aliphatic rings. The molecule has 1 aromatic rings. The zero-order valence-electron chi connectivity index (χ0n) is 12.3. The summed E-state index contributed by atoms with van der Waals surface area (Å²) in [5.41, 5.74) is 1.87. The van der Waals surface area contributed by atoms with Crippen LogP contribution >= 0.6 is 0 Å². The summed E-state index contributed by atoms with van der Waals surface area (Å²) < 4.78 is 27.4. The molecule has 0 aromatic carbocycles. The minimum atomic E-state index is -3.23. The fourth-order valence-corrected chi connectivity index (χ4v) is 4.71. The van der Waals surface area contributed by atoms with Crippen LogP contribution in [0.25, 0.3) is 0 Å². The van der Waals surface area contributed by atoms with Crippen molar-refractivity contribution in [2.45, 2.75) is 52.0 Å². The molecule has 1 aliphatic carbocycles. The van der Waals surface area contributed by atoms with E-state index >= 15 is 0 Å². The van der Waals surface area contributed by atoms with Crippen molar-refractivity contribution in [2.24, 2.45) is 5.92 Å². The number of nitrogens with zero attached hydrogens (tertiary/aromatic N) is 1. The average Bonchev–Trinajstić information content (AvgIpc) is 2.89. The van der Waals surface area contributed by atoms with E-state index in [2.05, 4.69) is 9.71 Å². The second-order valence-corrected chi connectivity index (χ2v) is 7.51. The third kappa shape index (κ3) is 4.03. The van der Waals surface area contributed by atoms with Crippen LogP contribution in [0.3, 0.4) is 0 Å². The van der Waals surface area contributed by atoms with E-state index in [0.29, 0.717) is 12.3 Å². The van der Waals surface area contributed by atoms with Gasteiger partial charge in [0, 0.05) is 6.20 Å². The van der Waals surface area contributed by atoms with Crippen LogP contribution < -0.4 is 4.72 Å². The molecule has 0 bridgehead atoms. The Kier molecular flexibility index (Phi) is 5.16. The quantitative estimate of drug-likeness (QED) is 0.878. The predicted molar refractivity (Wildman–Crippen MR) is 80.9 cm³/mol. The second-order valence-electron chi connectivity index (χ2n) is 5.72. The Hall–Kier alpha value is -0.940. The second kappa shape index (κ2) is 6.68. The predicted octanol–water partition coefficient (Wildman–Crippen LogP) is 2.95. The number of aryl methyl sites for hydroxylation is 1. The maximum atomic E-state index is 12.3. The molecule has 0 radical (unpaired) electrons. The van der Waals surface area contributed by atoms with Crippen LogP contribution in [0, 0.1) is 12.8 Å². The largest absolute Gasteiger partial charge is 0.259 e. The van der Waals surface area contributed by atoms with Gasteiger partial charge in [0.05, 0.1) is 17.5 Å². The molecule has 0 saturated heterocycles. The lowest BCUT2D eigenvalue weighted by atomic mass is 10.1. The molecule has 1 heterocycles. The van der Waals surface area contributed by atoms with E-state index in [1.807, 2.05) is 26.0 Å². The maximum absolute atomic E-state index is 12.3. The average molecular weight is 296 g/mol. The van der Waals surface area contributed by atoms with Crippen molar-refractivity contribution in [2.75, 3.05) is 5.75 Å². The topological polar surface area (TPSA) is 59.1 Å². The minimum Gasteiger partial charge on any atom is -0.259 e. The smallest absolute Gasteiger partial charge is 0.212 e.